The average Bonchev–Trinajstić information content (AvgIpc) is 2.71. The lowest BCUT2D eigenvalue weighted by Crippen LogP contribution is -2.17. The SMILES string of the molecule is CCCCCCOC(=O)c1ccc(C(=O)OCc2ccc(OC(F)(F)F)cc2)cc1. The highest BCUT2D eigenvalue weighted by atomic mass is 19.4. The van der Waals surface area contributed by atoms with Gasteiger partial charge in [0.15, 0.2) is 0 Å². The lowest BCUT2D eigenvalue weighted by atomic mass is 10.1. The predicted molar refractivity (Wildman–Crippen MR) is 103 cm³/mol. The van der Waals surface area contributed by atoms with E-state index >= 15 is 0 Å². The zero-order valence-corrected chi connectivity index (χ0v) is 16.5. The third-order valence-corrected chi connectivity index (χ3v) is 4.11. The lowest BCUT2D eigenvalue weighted by Gasteiger charge is -2.10. The Hall–Kier alpha value is -3.03. The van der Waals surface area contributed by atoms with Gasteiger partial charge in [0, 0.05) is 0 Å². The van der Waals surface area contributed by atoms with E-state index in [2.05, 4.69) is 11.7 Å². The molecular formula is C22H23F3O5. The Bertz CT molecular complexity index is 814. The maximum atomic E-state index is 12.1. The highest BCUT2D eigenvalue weighted by Gasteiger charge is 2.30. The van der Waals surface area contributed by atoms with E-state index in [-0.39, 0.29) is 17.9 Å². The Labute approximate surface area is 172 Å². The van der Waals surface area contributed by atoms with Crippen molar-refractivity contribution in [1.29, 1.82) is 0 Å². The molecule has 5 nitrogen and oxygen atoms in total. The van der Waals surface area contributed by atoms with Gasteiger partial charge in [0.05, 0.1) is 17.7 Å². The quantitative estimate of drug-likeness (QED) is 0.363. The Morgan fingerprint density at radius 2 is 1.37 bits per heavy atom. The van der Waals surface area contributed by atoms with Crippen molar-refractivity contribution in [3.63, 3.8) is 0 Å². The molecule has 0 N–H and O–H groups in total. The number of halogens is 3. The van der Waals surface area contributed by atoms with Crippen LogP contribution in [0.4, 0.5) is 13.2 Å². The van der Waals surface area contributed by atoms with E-state index < -0.39 is 18.3 Å². The molecule has 0 saturated heterocycles. The molecule has 0 bridgehead atoms. The average molecular weight is 424 g/mol. The van der Waals surface area contributed by atoms with Crippen molar-refractivity contribution >= 4 is 11.9 Å². The van der Waals surface area contributed by atoms with Crippen LogP contribution >= 0.6 is 0 Å². The van der Waals surface area contributed by atoms with Gasteiger partial charge < -0.3 is 14.2 Å². The highest BCUT2D eigenvalue weighted by Crippen LogP contribution is 2.23. The van der Waals surface area contributed by atoms with Crippen molar-refractivity contribution in [3.05, 3.63) is 65.2 Å². The predicted octanol–water partition coefficient (Wildman–Crippen LogP) is 5.68. The Morgan fingerprint density at radius 3 is 1.90 bits per heavy atom. The number of carbonyl (C=O) groups is 2. The molecule has 8 heteroatoms. The van der Waals surface area contributed by atoms with Crippen molar-refractivity contribution < 1.29 is 37.0 Å². The summed E-state index contributed by atoms with van der Waals surface area (Å²) in [6.45, 7) is 2.34. The van der Waals surface area contributed by atoms with Crippen LogP contribution < -0.4 is 4.74 Å². The van der Waals surface area contributed by atoms with Gasteiger partial charge in [0.1, 0.15) is 12.4 Å². The molecule has 0 spiro atoms. The molecule has 162 valence electrons. The molecule has 0 fully saturated rings. The van der Waals surface area contributed by atoms with Gasteiger partial charge in [-0.25, -0.2) is 9.59 Å². The summed E-state index contributed by atoms with van der Waals surface area (Å²) in [5, 5.41) is 0. The summed E-state index contributed by atoms with van der Waals surface area (Å²) in [7, 11) is 0. The number of carbonyl (C=O) groups excluding carboxylic acids is 2. The fraction of sp³-hybridized carbons (Fsp3) is 0.364. The van der Waals surface area contributed by atoms with Gasteiger partial charge in [-0.05, 0) is 48.4 Å². The van der Waals surface area contributed by atoms with Crippen LogP contribution in [0.25, 0.3) is 0 Å². The van der Waals surface area contributed by atoms with E-state index in [9.17, 15) is 22.8 Å². The molecule has 0 aromatic heterocycles. The van der Waals surface area contributed by atoms with Crippen LogP contribution in [-0.4, -0.2) is 24.9 Å². The van der Waals surface area contributed by atoms with Crippen molar-refractivity contribution in [1.82, 2.24) is 0 Å². The number of hydrogen-bond donors (Lipinski definition) is 0. The van der Waals surface area contributed by atoms with Crippen LogP contribution in [0.3, 0.4) is 0 Å². The van der Waals surface area contributed by atoms with Gasteiger partial charge in [-0.15, -0.1) is 13.2 Å². The van der Waals surface area contributed by atoms with Crippen LogP contribution in [0, 0.1) is 0 Å². The molecule has 0 unspecified atom stereocenters. The second-order valence-corrected chi connectivity index (χ2v) is 6.54. The van der Waals surface area contributed by atoms with Crippen molar-refractivity contribution in [3.8, 4) is 5.75 Å². The third-order valence-electron chi connectivity index (χ3n) is 4.11. The number of hydrogen-bond acceptors (Lipinski definition) is 5. The number of benzene rings is 2. The minimum Gasteiger partial charge on any atom is -0.462 e. The van der Waals surface area contributed by atoms with Crippen molar-refractivity contribution in [2.45, 2.75) is 45.6 Å². The fourth-order valence-corrected chi connectivity index (χ4v) is 2.54. The summed E-state index contributed by atoms with van der Waals surface area (Å²) in [4.78, 5) is 24.1. The summed E-state index contributed by atoms with van der Waals surface area (Å²) >= 11 is 0. The second-order valence-electron chi connectivity index (χ2n) is 6.54. The van der Waals surface area contributed by atoms with Gasteiger partial charge in [-0.2, -0.15) is 0 Å². The second kappa shape index (κ2) is 11.2. The zero-order chi connectivity index (χ0) is 22.0. The molecule has 0 aliphatic rings. The highest BCUT2D eigenvalue weighted by molar-refractivity contribution is 5.93. The van der Waals surface area contributed by atoms with E-state index in [1.165, 1.54) is 36.4 Å². The molecule has 30 heavy (non-hydrogen) atoms. The van der Waals surface area contributed by atoms with E-state index in [0.29, 0.717) is 17.7 Å². The van der Waals surface area contributed by atoms with Crippen LogP contribution in [0.5, 0.6) is 5.75 Å². The maximum Gasteiger partial charge on any atom is 0.573 e. The minimum atomic E-state index is -4.76. The number of esters is 2. The molecule has 0 atom stereocenters. The van der Waals surface area contributed by atoms with Gasteiger partial charge in [-0.1, -0.05) is 38.3 Å². The van der Waals surface area contributed by atoms with Crippen LogP contribution in [0.2, 0.25) is 0 Å². The minimum absolute atomic E-state index is 0.118. The molecule has 0 amide bonds. The topological polar surface area (TPSA) is 61.8 Å². The Balaban J connectivity index is 1.81. The maximum absolute atomic E-state index is 12.1. The number of unbranched alkanes of at least 4 members (excludes halogenated alkanes) is 3. The first-order chi connectivity index (χ1) is 14.3. The summed E-state index contributed by atoms with van der Waals surface area (Å²) < 4.78 is 50.5. The van der Waals surface area contributed by atoms with Gasteiger partial charge in [0.2, 0.25) is 0 Å². The number of ether oxygens (including phenoxy) is 3. The molecule has 0 radical (unpaired) electrons. The van der Waals surface area contributed by atoms with E-state index in [4.69, 9.17) is 9.47 Å². The van der Waals surface area contributed by atoms with E-state index in [1.54, 1.807) is 0 Å². The number of rotatable bonds is 10. The molecule has 0 saturated carbocycles. The molecule has 2 aromatic rings. The molecule has 0 heterocycles. The number of alkyl halides is 3. The van der Waals surface area contributed by atoms with Crippen LogP contribution in [0.15, 0.2) is 48.5 Å². The zero-order valence-electron chi connectivity index (χ0n) is 16.5. The van der Waals surface area contributed by atoms with Gasteiger partial charge in [0.25, 0.3) is 0 Å². The molecular weight excluding hydrogens is 401 g/mol. The van der Waals surface area contributed by atoms with Gasteiger partial charge >= 0.3 is 18.3 Å². The van der Waals surface area contributed by atoms with E-state index in [1.807, 2.05) is 0 Å². The summed E-state index contributed by atoms with van der Waals surface area (Å²) in [5.41, 5.74) is 1.08. The molecule has 2 aromatic carbocycles. The standard InChI is InChI=1S/C22H23F3O5/c1-2-3-4-5-14-28-20(26)17-8-10-18(11-9-17)21(27)29-15-16-6-12-19(13-7-16)30-22(23,24)25/h6-13H,2-5,14-15H2,1H3. The van der Waals surface area contributed by atoms with Crippen LogP contribution in [-0.2, 0) is 16.1 Å². The van der Waals surface area contributed by atoms with Gasteiger partial charge in [-0.3, -0.25) is 0 Å². The third kappa shape index (κ3) is 8.14. The normalized spacial score (nSPS) is 11.1. The largest absolute Gasteiger partial charge is 0.573 e. The van der Waals surface area contributed by atoms with Crippen LogP contribution in [0.1, 0.15) is 58.9 Å². The van der Waals surface area contributed by atoms with Crippen molar-refractivity contribution in [2.75, 3.05) is 6.61 Å². The molecule has 2 rings (SSSR count). The fourth-order valence-electron chi connectivity index (χ4n) is 2.54. The summed E-state index contributed by atoms with van der Waals surface area (Å²) in [6, 6.07) is 10.9. The van der Waals surface area contributed by atoms with E-state index in [0.717, 1.165) is 37.8 Å². The first-order valence-electron chi connectivity index (χ1n) is 9.57. The molecule has 0 aliphatic carbocycles. The first kappa shape index (κ1) is 23.3. The lowest BCUT2D eigenvalue weighted by molar-refractivity contribution is -0.274. The monoisotopic (exact) mass is 424 g/mol. The Kier molecular flexibility index (Phi) is 8.70. The summed E-state index contributed by atoms with van der Waals surface area (Å²) in [5.74, 6) is -1.43. The smallest absolute Gasteiger partial charge is 0.462 e. The first-order valence-corrected chi connectivity index (χ1v) is 9.57. The summed E-state index contributed by atoms with van der Waals surface area (Å²) in [6.07, 6.45) is -0.745. The van der Waals surface area contributed by atoms with Crippen molar-refractivity contribution in [2.24, 2.45) is 0 Å². The molecule has 0 aliphatic heterocycles. The Morgan fingerprint density at radius 1 is 0.800 bits per heavy atom.